The van der Waals surface area contributed by atoms with Crippen LogP contribution in [0.4, 0.5) is 8.78 Å². The van der Waals surface area contributed by atoms with Gasteiger partial charge >= 0.3 is 0 Å². The summed E-state index contributed by atoms with van der Waals surface area (Å²) in [4.78, 5) is 0. The van der Waals surface area contributed by atoms with Crippen LogP contribution in [0.1, 0.15) is 11.6 Å². The van der Waals surface area contributed by atoms with Crippen molar-refractivity contribution in [3.63, 3.8) is 0 Å². The van der Waals surface area contributed by atoms with Gasteiger partial charge in [0, 0.05) is 12.7 Å². The van der Waals surface area contributed by atoms with Gasteiger partial charge in [0.25, 0.3) is 0 Å². The lowest BCUT2D eigenvalue weighted by atomic mass is 10.1. The van der Waals surface area contributed by atoms with Crippen LogP contribution >= 0.6 is 0 Å². The first-order valence-corrected chi connectivity index (χ1v) is 5.17. The van der Waals surface area contributed by atoms with Crippen molar-refractivity contribution in [2.75, 3.05) is 26.9 Å². The Bertz CT molecular complexity index is 350. The molecule has 1 rings (SSSR count). The molecule has 3 N–H and O–H groups in total. The van der Waals surface area contributed by atoms with E-state index in [1.807, 2.05) is 0 Å². The zero-order chi connectivity index (χ0) is 12.7. The van der Waals surface area contributed by atoms with Crippen molar-refractivity contribution in [2.45, 2.75) is 6.04 Å². The molecule has 1 atom stereocenters. The smallest absolute Gasteiger partial charge is 0.163 e. The van der Waals surface area contributed by atoms with Crippen LogP contribution in [0.5, 0.6) is 0 Å². The second kappa shape index (κ2) is 7.29. The van der Waals surface area contributed by atoms with Gasteiger partial charge in [-0.3, -0.25) is 11.3 Å². The van der Waals surface area contributed by atoms with Crippen LogP contribution in [0.3, 0.4) is 0 Å². The summed E-state index contributed by atoms with van der Waals surface area (Å²) >= 11 is 0. The molecule has 0 heterocycles. The van der Waals surface area contributed by atoms with Gasteiger partial charge in [0.05, 0.1) is 25.9 Å². The predicted molar refractivity (Wildman–Crippen MR) is 59.1 cm³/mol. The van der Waals surface area contributed by atoms with E-state index in [4.69, 9.17) is 15.3 Å². The fourth-order valence-electron chi connectivity index (χ4n) is 1.36. The van der Waals surface area contributed by atoms with Crippen LogP contribution in [0.2, 0.25) is 0 Å². The molecule has 0 bridgehead atoms. The van der Waals surface area contributed by atoms with E-state index in [1.165, 1.54) is 12.1 Å². The number of rotatable bonds is 7. The third-order valence-electron chi connectivity index (χ3n) is 2.27. The second-order valence-corrected chi connectivity index (χ2v) is 3.43. The molecule has 0 aliphatic heterocycles. The summed E-state index contributed by atoms with van der Waals surface area (Å²) in [5.41, 5.74) is 2.53. The Labute approximate surface area is 98.7 Å². The van der Waals surface area contributed by atoms with Gasteiger partial charge < -0.3 is 9.47 Å². The molecule has 0 spiro atoms. The van der Waals surface area contributed by atoms with E-state index >= 15 is 0 Å². The lowest BCUT2D eigenvalue weighted by Gasteiger charge is -2.17. The third-order valence-corrected chi connectivity index (χ3v) is 2.27. The molecule has 6 heteroatoms. The topological polar surface area (TPSA) is 56.5 Å². The normalized spacial score (nSPS) is 12.7. The van der Waals surface area contributed by atoms with E-state index in [2.05, 4.69) is 5.43 Å². The van der Waals surface area contributed by atoms with Crippen molar-refractivity contribution in [3.05, 3.63) is 35.4 Å². The Hall–Kier alpha value is -1.08. The van der Waals surface area contributed by atoms with Crippen LogP contribution in [0, 0.1) is 11.6 Å². The maximum atomic E-state index is 13.5. The number of methoxy groups -OCH3 is 1. The number of hydrogen-bond acceptors (Lipinski definition) is 4. The van der Waals surface area contributed by atoms with Gasteiger partial charge in [0.2, 0.25) is 0 Å². The van der Waals surface area contributed by atoms with E-state index < -0.39 is 17.7 Å². The lowest BCUT2D eigenvalue weighted by molar-refractivity contribution is 0.0580. The number of halogens is 2. The minimum Gasteiger partial charge on any atom is -0.382 e. The van der Waals surface area contributed by atoms with E-state index in [0.717, 1.165) is 6.07 Å². The van der Waals surface area contributed by atoms with Crippen LogP contribution in [-0.4, -0.2) is 26.9 Å². The van der Waals surface area contributed by atoms with Crippen molar-refractivity contribution in [1.82, 2.24) is 5.43 Å². The monoisotopic (exact) mass is 246 g/mol. The van der Waals surface area contributed by atoms with Gasteiger partial charge in [-0.1, -0.05) is 12.1 Å². The summed E-state index contributed by atoms with van der Waals surface area (Å²) in [7, 11) is 1.55. The predicted octanol–water partition coefficient (Wildman–Crippen LogP) is 1.13. The fourth-order valence-corrected chi connectivity index (χ4v) is 1.36. The van der Waals surface area contributed by atoms with Gasteiger partial charge in [0.15, 0.2) is 11.6 Å². The summed E-state index contributed by atoms with van der Waals surface area (Å²) in [5.74, 6) is 3.47. The Morgan fingerprint density at radius 3 is 2.76 bits per heavy atom. The molecule has 0 saturated heterocycles. The zero-order valence-electron chi connectivity index (χ0n) is 9.58. The molecule has 0 aromatic heterocycles. The quantitative estimate of drug-likeness (QED) is 0.430. The summed E-state index contributed by atoms with van der Waals surface area (Å²) in [6.45, 7) is 0.939. The van der Waals surface area contributed by atoms with Crippen molar-refractivity contribution >= 4 is 0 Å². The number of nitrogens with one attached hydrogen (secondary N) is 1. The number of ether oxygens (including phenoxy) is 2. The van der Waals surface area contributed by atoms with Crippen molar-refractivity contribution < 1.29 is 18.3 Å². The maximum absolute atomic E-state index is 13.5. The first-order chi connectivity index (χ1) is 8.20. The largest absolute Gasteiger partial charge is 0.382 e. The Morgan fingerprint density at radius 1 is 1.35 bits per heavy atom. The highest BCUT2D eigenvalue weighted by atomic mass is 19.2. The SMILES string of the molecule is COCCOCC(NN)c1cccc(F)c1F. The number of nitrogens with two attached hydrogens (primary N) is 1. The molecule has 0 fully saturated rings. The molecule has 0 aliphatic carbocycles. The molecule has 0 saturated carbocycles. The molecule has 0 aliphatic rings. The molecule has 1 aromatic carbocycles. The molecule has 0 amide bonds. The molecule has 4 nitrogen and oxygen atoms in total. The molecule has 1 unspecified atom stereocenters. The molecular weight excluding hydrogens is 230 g/mol. The van der Waals surface area contributed by atoms with Crippen LogP contribution in [0.25, 0.3) is 0 Å². The Morgan fingerprint density at radius 2 is 2.12 bits per heavy atom. The average Bonchev–Trinajstić information content (AvgIpc) is 2.34. The van der Waals surface area contributed by atoms with Gasteiger partial charge in [-0.05, 0) is 6.07 Å². The highest BCUT2D eigenvalue weighted by Gasteiger charge is 2.17. The number of hydrogen-bond donors (Lipinski definition) is 2. The highest BCUT2D eigenvalue weighted by Crippen LogP contribution is 2.18. The van der Waals surface area contributed by atoms with E-state index in [0.29, 0.717) is 13.2 Å². The lowest BCUT2D eigenvalue weighted by Crippen LogP contribution is -2.32. The summed E-state index contributed by atoms with van der Waals surface area (Å²) in [5, 5.41) is 0. The number of hydrazine groups is 1. The minimum absolute atomic E-state index is 0.139. The van der Waals surface area contributed by atoms with Crippen molar-refractivity contribution in [2.24, 2.45) is 5.84 Å². The molecular formula is C11H16F2N2O2. The van der Waals surface area contributed by atoms with Gasteiger partial charge in [-0.15, -0.1) is 0 Å². The molecule has 0 radical (unpaired) electrons. The van der Waals surface area contributed by atoms with Gasteiger partial charge in [-0.25, -0.2) is 8.78 Å². The second-order valence-electron chi connectivity index (χ2n) is 3.43. The van der Waals surface area contributed by atoms with Crippen LogP contribution < -0.4 is 11.3 Å². The van der Waals surface area contributed by atoms with Gasteiger partial charge in [0.1, 0.15) is 0 Å². The Balaban J connectivity index is 2.63. The van der Waals surface area contributed by atoms with E-state index in [1.54, 1.807) is 7.11 Å². The number of benzene rings is 1. The molecule has 1 aromatic rings. The molecule has 17 heavy (non-hydrogen) atoms. The summed E-state index contributed by atoms with van der Waals surface area (Å²) in [6.07, 6.45) is 0. The van der Waals surface area contributed by atoms with Crippen molar-refractivity contribution in [1.29, 1.82) is 0 Å². The standard InChI is InChI=1S/C11H16F2N2O2/c1-16-5-6-17-7-10(15-14)8-3-2-4-9(12)11(8)13/h2-4,10,15H,5-7,14H2,1H3. The Kier molecular flexibility index (Phi) is 5.99. The average molecular weight is 246 g/mol. The third kappa shape index (κ3) is 4.01. The van der Waals surface area contributed by atoms with E-state index in [9.17, 15) is 8.78 Å². The summed E-state index contributed by atoms with van der Waals surface area (Å²) in [6, 6.07) is 3.34. The maximum Gasteiger partial charge on any atom is 0.163 e. The first kappa shape index (κ1) is 14.0. The molecule has 96 valence electrons. The van der Waals surface area contributed by atoms with Crippen LogP contribution in [-0.2, 0) is 9.47 Å². The van der Waals surface area contributed by atoms with Gasteiger partial charge in [-0.2, -0.15) is 0 Å². The minimum atomic E-state index is -0.911. The van der Waals surface area contributed by atoms with E-state index in [-0.39, 0.29) is 12.2 Å². The van der Waals surface area contributed by atoms with Crippen LogP contribution in [0.15, 0.2) is 18.2 Å². The summed E-state index contributed by atoms with van der Waals surface area (Å²) < 4.78 is 36.5. The zero-order valence-corrected chi connectivity index (χ0v) is 9.58. The first-order valence-electron chi connectivity index (χ1n) is 5.17. The van der Waals surface area contributed by atoms with Crippen molar-refractivity contribution in [3.8, 4) is 0 Å². The fraction of sp³-hybridized carbons (Fsp3) is 0.455. The highest BCUT2D eigenvalue weighted by molar-refractivity contribution is 5.22.